The van der Waals surface area contributed by atoms with Crippen LogP contribution in [-0.4, -0.2) is 4.98 Å². The summed E-state index contributed by atoms with van der Waals surface area (Å²) in [7, 11) is 0. The first-order valence-corrected chi connectivity index (χ1v) is 8.96. The highest BCUT2D eigenvalue weighted by atomic mass is 19.1. The molecule has 0 bridgehead atoms. The second-order valence-electron chi connectivity index (χ2n) is 6.73. The van der Waals surface area contributed by atoms with Crippen molar-refractivity contribution in [1.82, 2.24) is 4.98 Å². The molecule has 2 aromatic rings. The first-order valence-electron chi connectivity index (χ1n) is 8.96. The number of hydrogen-bond donors (Lipinski definition) is 0. The number of halogens is 1. The van der Waals surface area contributed by atoms with Crippen LogP contribution in [0.5, 0.6) is 0 Å². The number of rotatable bonds is 4. The van der Waals surface area contributed by atoms with Crippen molar-refractivity contribution in [3.63, 3.8) is 0 Å². The van der Waals surface area contributed by atoms with Gasteiger partial charge in [-0.2, -0.15) is 0 Å². The van der Waals surface area contributed by atoms with Crippen LogP contribution in [0.15, 0.2) is 36.5 Å². The van der Waals surface area contributed by atoms with E-state index in [1.807, 2.05) is 25.1 Å². The van der Waals surface area contributed by atoms with Crippen molar-refractivity contribution >= 4 is 0 Å². The number of nitrogens with zero attached hydrogens (tertiary/aromatic N) is 1. The van der Waals surface area contributed by atoms with Crippen molar-refractivity contribution in [2.75, 3.05) is 0 Å². The van der Waals surface area contributed by atoms with E-state index in [0.29, 0.717) is 11.5 Å². The Morgan fingerprint density at radius 1 is 1.09 bits per heavy atom. The van der Waals surface area contributed by atoms with Crippen LogP contribution >= 0.6 is 0 Å². The van der Waals surface area contributed by atoms with E-state index in [0.717, 1.165) is 23.6 Å². The van der Waals surface area contributed by atoms with Crippen LogP contribution in [0.25, 0.3) is 11.3 Å². The molecule has 1 aromatic heterocycles. The van der Waals surface area contributed by atoms with Crippen molar-refractivity contribution in [1.29, 1.82) is 0 Å². The lowest BCUT2D eigenvalue weighted by atomic mass is 9.77. The Balaban J connectivity index is 1.92. The van der Waals surface area contributed by atoms with Gasteiger partial charge in [-0.25, -0.2) is 4.39 Å². The third kappa shape index (κ3) is 3.46. The van der Waals surface area contributed by atoms with E-state index in [4.69, 9.17) is 0 Å². The van der Waals surface area contributed by atoms with E-state index in [2.05, 4.69) is 18.0 Å². The number of pyridine rings is 1. The summed E-state index contributed by atoms with van der Waals surface area (Å²) >= 11 is 0. The molecule has 0 spiro atoms. The van der Waals surface area contributed by atoms with Gasteiger partial charge in [-0.3, -0.25) is 4.98 Å². The van der Waals surface area contributed by atoms with E-state index < -0.39 is 0 Å². The largest absolute Gasteiger partial charge is 0.256 e. The first-order chi connectivity index (χ1) is 11.2. The van der Waals surface area contributed by atoms with E-state index in [1.165, 1.54) is 37.7 Å². The van der Waals surface area contributed by atoms with Crippen LogP contribution in [0.4, 0.5) is 4.39 Å². The Morgan fingerprint density at radius 3 is 2.52 bits per heavy atom. The maximum Gasteiger partial charge on any atom is 0.132 e. The summed E-state index contributed by atoms with van der Waals surface area (Å²) < 4.78 is 14.5. The Morgan fingerprint density at radius 2 is 1.87 bits per heavy atom. The number of aromatic nitrogens is 1. The minimum absolute atomic E-state index is 0.147. The van der Waals surface area contributed by atoms with Crippen molar-refractivity contribution < 1.29 is 4.39 Å². The van der Waals surface area contributed by atoms with Crippen LogP contribution in [0.3, 0.4) is 0 Å². The highest BCUT2D eigenvalue weighted by molar-refractivity contribution is 5.65. The number of aryl methyl sites for hydroxylation is 1. The molecular formula is C21H26FN. The van der Waals surface area contributed by atoms with E-state index in [1.54, 1.807) is 12.3 Å². The van der Waals surface area contributed by atoms with Crippen LogP contribution < -0.4 is 0 Å². The van der Waals surface area contributed by atoms with Crippen molar-refractivity contribution in [2.24, 2.45) is 5.92 Å². The van der Waals surface area contributed by atoms with Gasteiger partial charge >= 0.3 is 0 Å². The second-order valence-corrected chi connectivity index (χ2v) is 6.73. The molecule has 0 amide bonds. The summed E-state index contributed by atoms with van der Waals surface area (Å²) in [5.74, 6) is 1.24. The monoisotopic (exact) mass is 311 g/mol. The normalized spacial score (nSPS) is 21.3. The van der Waals surface area contributed by atoms with Gasteiger partial charge in [-0.05, 0) is 73.3 Å². The summed E-state index contributed by atoms with van der Waals surface area (Å²) in [6, 6.07) is 9.71. The average Bonchev–Trinajstić information content (AvgIpc) is 2.62. The fourth-order valence-electron chi connectivity index (χ4n) is 3.82. The maximum absolute atomic E-state index is 14.5. The van der Waals surface area contributed by atoms with Gasteiger partial charge in [0.1, 0.15) is 5.82 Å². The standard InChI is InChI=1S/C21H26FN/c1-3-15-7-10-17(11-8-15)18-6-5-13-23-21(18)19-12-9-16(4-2)14-20(19)22/h5-6,9,12-15,17H,3-4,7-8,10-11H2,1-2H3. The molecule has 1 aliphatic carbocycles. The summed E-state index contributed by atoms with van der Waals surface area (Å²) in [5.41, 5.74) is 3.75. The second kappa shape index (κ2) is 7.25. The summed E-state index contributed by atoms with van der Waals surface area (Å²) in [5, 5.41) is 0. The third-order valence-electron chi connectivity index (χ3n) is 5.40. The third-order valence-corrected chi connectivity index (χ3v) is 5.40. The molecule has 0 atom stereocenters. The van der Waals surface area contributed by atoms with E-state index in [-0.39, 0.29) is 5.82 Å². The highest BCUT2D eigenvalue weighted by Gasteiger charge is 2.24. The molecule has 1 fully saturated rings. The summed E-state index contributed by atoms with van der Waals surface area (Å²) in [6.45, 7) is 4.33. The van der Waals surface area contributed by atoms with E-state index >= 15 is 0 Å². The predicted octanol–water partition coefficient (Wildman–Crippen LogP) is 6.13. The lowest BCUT2D eigenvalue weighted by Crippen LogP contribution is -2.13. The van der Waals surface area contributed by atoms with Crippen LogP contribution in [-0.2, 0) is 6.42 Å². The molecule has 23 heavy (non-hydrogen) atoms. The van der Waals surface area contributed by atoms with Gasteiger partial charge in [0, 0.05) is 11.8 Å². The molecule has 3 rings (SSSR count). The summed E-state index contributed by atoms with van der Waals surface area (Å²) in [4.78, 5) is 4.54. The Kier molecular flexibility index (Phi) is 5.09. The fraction of sp³-hybridized carbons (Fsp3) is 0.476. The molecular weight excluding hydrogens is 285 g/mol. The quantitative estimate of drug-likeness (QED) is 0.661. The lowest BCUT2D eigenvalue weighted by Gasteiger charge is -2.29. The van der Waals surface area contributed by atoms with Crippen molar-refractivity contribution in [3.05, 3.63) is 53.5 Å². The zero-order valence-electron chi connectivity index (χ0n) is 14.2. The molecule has 0 aliphatic heterocycles. The van der Waals surface area contributed by atoms with Gasteiger partial charge in [0.2, 0.25) is 0 Å². The zero-order chi connectivity index (χ0) is 16.2. The molecule has 2 heteroatoms. The minimum Gasteiger partial charge on any atom is -0.256 e. The van der Waals surface area contributed by atoms with Crippen LogP contribution in [0.2, 0.25) is 0 Å². The first kappa shape index (κ1) is 16.2. The topological polar surface area (TPSA) is 12.9 Å². The molecule has 0 unspecified atom stereocenters. The lowest BCUT2D eigenvalue weighted by molar-refractivity contribution is 0.319. The van der Waals surface area contributed by atoms with Crippen LogP contribution in [0, 0.1) is 11.7 Å². The van der Waals surface area contributed by atoms with Gasteiger partial charge in [0.15, 0.2) is 0 Å². The minimum atomic E-state index is -0.147. The average molecular weight is 311 g/mol. The Hall–Kier alpha value is -1.70. The maximum atomic E-state index is 14.5. The van der Waals surface area contributed by atoms with Crippen molar-refractivity contribution in [3.8, 4) is 11.3 Å². The van der Waals surface area contributed by atoms with Crippen molar-refractivity contribution in [2.45, 2.75) is 58.3 Å². The summed E-state index contributed by atoms with van der Waals surface area (Å²) in [6.07, 6.45) is 8.88. The fourth-order valence-corrected chi connectivity index (χ4v) is 3.82. The molecule has 0 radical (unpaired) electrons. The molecule has 122 valence electrons. The van der Waals surface area contributed by atoms with Gasteiger partial charge in [0.25, 0.3) is 0 Å². The predicted molar refractivity (Wildman–Crippen MR) is 94.0 cm³/mol. The molecule has 1 nitrogen and oxygen atoms in total. The van der Waals surface area contributed by atoms with E-state index in [9.17, 15) is 4.39 Å². The van der Waals surface area contributed by atoms with Gasteiger partial charge in [-0.15, -0.1) is 0 Å². The Bertz CT molecular complexity index is 657. The van der Waals surface area contributed by atoms with Crippen LogP contribution in [0.1, 0.15) is 63.0 Å². The zero-order valence-corrected chi connectivity index (χ0v) is 14.2. The van der Waals surface area contributed by atoms with Gasteiger partial charge < -0.3 is 0 Å². The Labute approximate surface area is 139 Å². The smallest absolute Gasteiger partial charge is 0.132 e. The molecule has 1 aromatic carbocycles. The number of hydrogen-bond acceptors (Lipinski definition) is 1. The molecule has 1 saturated carbocycles. The SMILES string of the molecule is CCc1ccc(-c2ncccc2C2CCC(CC)CC2)c(F)c1. The van der Waals surface area contributed by atoms with Gasteiger partial charge in [0.05, 0.1) is 5.69 Å². The molecule has 0 saturated heterocycles. The van der Waals surface area contributed by atoms with Gasteiger partial charge in [-0.1, -0.05) is 32.4 Å². The molecule has 1 heterocycles. The highest BCUT2D eigenvalue weighted by Crippen LogP contribution is 2.40. The number of benzene rings is 1. The molecule has 0 N–H and O–H groups in total. The molecule has 1 aliphatic rings.